The molecular formula is C46H57ClN7O2S2+. The second-order valence-corrected chi connectivity index (χ2v) is 16.7. The molecule has 0 radical (unpaired) electrons. The second kappa shape index (κ2) is 23.2. The van der Waals surface area contributed by atoms with Crippen molar-refractivity contribution in [1.29, 1.82) is 0 Å². The fourth-order valence-electron chi connectivity index (χ4n) is 6.55. The summed E-state index contributed by atoms with van der Waals surface area (Å²) in [4.78, 5) is 27.9. The number of nitrogens with zero attached hydrogens (tertiary/aromatic N) is 3. The number of carbonyl (C=O) groups is 1. The molecule has 306 valence electrons. The summed E-state index contributed by atoms with van der Waals surface area (Å²) in [7, 11) is 5.86. The summed E-state index contributed by atoms with van der Waals surface area (Å²) in [5.41, 5.74) is 15.9. The van der Waals surface area contributed by atoms with Gasteiger partial charge in [0.2, 0.25) is 0 Å². The first-order chi connectivity index (χ1) is 28.1. The van der Waals surface area contributed by atoms with Gasteiger partial charge in [-0.25, -0.2) is 4.84 Å². The molecule has 1 unspecified atom stereocenters. The zero-order valence-corrected chi connectivity index (χ0v) is 36.4. The molecule has 1 heterocycles. The third-order valence-electron chi connectivity index (χ3n) is 9.55. The Kier molecular flexibility index (Phi) is 17.9. The van der Waals surface area contributed by atoms with E-state index in [0.717, 1.165) is 89.7 Å². The standard InChI is InChI=1S/C43H50ClN7O2S2.C3H6/c1-49(2)22-21-36(30-54-38-7-5-4-6-8-38)46-41-20-18-39(28-42(41)47-53-3)55-48-43(52)32-11-16-37(17-12-32)51-25-23-50(24-26-51)29-33-27-35(45)15-19-40(33)31-9-13-34(44)14-10-31;1-3-2/h4-20,27-28,36,46-47H,21-26,29-30,45H2,1-3H3,(H,48,52);3H,1H2,2H3/p+1. The van der Waals surface area contributed by atoms with E-state index >= 15 is 0 Å². The Balaban J connectivity index is 0.00000207. The summed E-state index contributed by atoms with van der Waals surface area (Å²) in [6.45, 7) is 10.7. The maximum atomic E-state index is 13.2. The molecular weight excluding hydrogens is 782 g/mol. The lowest BCUT2D eigenvalue weighted by atomic mass is 9.98. The van der Waals surface area contributed by atoms with E-state index in [1.165, 1.54) is 28.0 Å². The van der Waals surface area contributed by atoms with Crippen LogP contribution in [0.25, 0.3) is 11.1 Å². The number of hydrogen-bond acceptors (Lipinski definition) is 9. The number of nitrogens with two attached hydrogens (primary N) is 2. The number of benzene rings is 5. The van der Waals surface area contributed by atoms with E-state index in [-0.39, 0.29) is 11.9 Å². The highest BCUT2D eigenvalue weighted by Gasteiger charge is 2.20. The number of thioether (sulfide) groups is 1. The summed E-state index contributed by atoms with van der Waals surface area (Å²) >= 11 is 9.30. The first-order valence-corrected chi connectivity index (χ1v) is 21.7. The van der Waals surface area contributed by atoms with Gasteiger partial charge in [-0.1, -0.05) is 54.1 Å². The lowest BCUT2D eigenvalue weighted by Crippen LogP contribution is -2.76. The molecule has 0 aliphatic carbocycles. The second-order valence-electron chi connectivity index (χ2n) is 14.3. The van der Waals surface area contributed by atoms with Gasteiger partial charge in [0.05, 0.1) is 12.8 Å². The Hall–Kier alpha value is -4.46. The van der Waals surface area contributed by atoms with Crippen molar-refractivity contribution in [2.24, 2.45) is 0 Å². The van der Waals surface area contributed by atoms with Gasteiger partial charge in [0, 0.05) is 82.3 Å². The van der Waals surface area contributed by atoms with Crippen LogP contribution in [-0.4, -0.2) is 81.4 Å². The van der Waals surface area contributed by atoms with E-state index in [2.05, 4.69) is 100 Å². The summed E-state index contributed by atoms with van der Waals surface area (Å²) in [5, 5.41) is 4.49. The van der Waals surface area contributed by atoms with Crippen LogP contribution in [0.1, 0.15) is 29.3 Å². The van der Waals surface area contributed by atoms with E-state index in [9.17, 15) is 4.79 Å². The van der Waals surface area contributed by atoms with Gasteiger partial charge >= 0.3 is 0 Å². The molecule has 1 fully saturated rings. The summed E-state index contributed by atoms with van der Waals surface area (Å²) in [6.07, 6.45) is 2.75. The van der Waals surface area contributed by atoms with Crippen LogP contribution in [0.5, 0.6) is 0 Å². The predicted molar refractivity (Wildman–Crippen MR) is 247 cm³/mol. The Morgan fingerprint density at radius 3 is 2.33 bits per heavy atom. The number of allylic oxidation sites excluding steroid dienone is 1. The molecule has 6 N–H and O–H groups in total. The third-order valence-corrected chi connectivity index (χ3v) is 11.8. The Labute approximate surface area is 358 Å². The van der Waals surface area contributed by atoms with E-state index in [0.29, 0.717) is 5.56 Å². The average molecular weight is 840 g/mol. The number of amides is 1. The molecule has 5 aromatic carbocycles. The van der Waals surface area contributed by atoms with Gasteiger partial charge in [-0.05, 0) is 135 Å². The number of nitrogen functional groups attached to an aromatic ring is 1. The number of halogens is 1. The van der Waals surface area contributed by atoms with E-state index in [1.54, 1.807) is 18.7 Å². The minimum absolute atomic E-state index is 0.138. The highest BCUT2D eigenvalue weighted by atomic mass is 35.5. The molecule has 58 heavy (non-hydrogen) atoms. The smallest absolute Gasteiger partial charge is 0.261 e. The van der Waals surface area contributed by atoms with Crippen LogP contribution >= 0.6 is 35.3 Å². The minimum Gasteiger partial charge on any atom is -0.399 e. The van der Waals surface area contributed by atoms with Gasteiger partial charge in [-0.3, -0.25) is 14.4 Å². The Bertz CT molecular complexity index is 2030. The van der Waals surface area contributed by atoms with E-state index in [1.807, 2.05) is 79.3 Å². The van der Waals surface area contributed by atoms with E-state index < -0.39 is 0 Å². The summed E-state index contributed by atoms with van der Waals surface area (Å²) < 4.78 is 3.03. The molecule has 1 saturated heterocycles. The fourth-order valence-corrected chi connectivity index (χ4v) is 8.32. The van der Waals surface area contributed by atoms with Crippen LogP contribution in [0, 0.1) is 0 Å². The molecule has 0 saturated carbocycles. The van der Waals surface area contributed by atoms with Crippen molar-refractivity contribution in [1.82, 2.24) is 14.5 Å². The minimum atomic E-state index is -0.138. The fraction of sp³-hybridized carbons (Fsp3) is 0.283. The molecule has 12 heteroatoms. The average Bonchev–Trinajstić information content (AvgIpc) is 3.23. The summed E-state index contributed by atoms with van der Waals surface area (Å²) in [6, 6.07) is 38.9. The van der Waals surface area contributed by atoms with Crippen LogP contribution in [0.4, 0.5) is 22.7 Å². The molecule has 5 aromatic rings. The highest BCUT2D eigenvalue weighted by Crippen LogP contribution is 2.30. The SMILES string of the molecule is C=CC.CO[NH2+]c1cc(SNC(=O)c2ccc(N3CCN(Cc4cc(N)ccc4-c4ccc(Cl)cc4)CC3)cc2)ccc1NC(CCN(C)C)CSc1ccccc1. The quantitative estimate of drug-likeness (QED) is 0.0241. The van der Waals surface area contributed by atoms with Gasteiger partial charge in [-0.15, -0.1) is 18.3 Å². The molecule has 1 aliphatic rings. The number of rotatable bonds is 17. The molecule has 0 spiro atoms. The van der Waals surface area contributed by atoms with Crippen LogP contribution < -0.4 is 26.2 Å². The Morgan fingerprint density at radius 1 is 0.948 bits per heavy atom. The van der Waals surface area contributed by atoms with Gasteiger partial charge in [0.15, 0.2) is 5.69 Å². The van der Waals surface area contributed by atoms with Crippen molar-refractivity contribution in [3.8, 4) is 11.1 Å². The number of nitrogens with one attached hydrogen (secondary N) is 2. The van der Waals surface area contributed by atoms with Crippen LogP contribution in [0.15, 0.2) is 138 Å². The van der Waals surface area contributed by atoms with Gasteiger partial charge in [0.1, 0.15) is 0 Å². The highest BCUT2D eigenvalue weighted by molar-refractivity contribution is 7.99. The normalized spacial score (nSPS) is 13.4. The molecule has 9 nitrogen and oxygen atoms in total. The number of carbonyl (C=O) groups excluding carboxylic acids is 1. The van der Waals surface area contributed by atoms with Crippen molar-refractivity contribution in [2.75, 3.05) is 75.6 Å². The maximum absolute atomic E-state index is 13.2. The number of anilines is 3. The lowest BCUT2D eigenvalue weighted by Gasteiger charge is -2.36. The predicted octanol–water partition coefficient (Wildman–Crippen LogP) is 8.82. The van der Waals surface area contributed by atoms with Gasteiger partial charge < -0.3 is 20.9 Å². The zero-order valence-electron chi connectivity index (χ0n) is 34.0. The monoisotopic (exact) mass is 838 g/mol. The molecule has 1 amide bonds. The molecule has 0 bridgehead atoms. The Morgan fingerprint density at radius 2 is 1.66 bits per heavy atom. The summed E-state index contributed by atoms with van der Waals surface area (Å²) in [5.74, 6) is 0.795. The lowest BCUT2D eigenvalue weighted by molar-refractivity contribution is -0.829. The van der Waals surface area contributed by atoms with Crippen molar-refractivity contribution < 1.29 is 15.1 Å². The van der Waals surface area contributed by atoms with Crippen molar-refractivity contribution in [3.05, 3.63) is 144 Å². The largest absolute Gasteiger partial charge is 0.399 e. The van der Waals surface area contributed by atoms with Crippen LogP contribution in [0.2, 0.25) is 5.02 Å². The molecule has 6 rings (SSSR count). The van der Waals surface area contributed by atoms with Crippen molar-refractivity contribution in [2.45, 2.75) is 35.7 Å². The van der Waals surface area contributed by atoms with Gasteiger partial charge in [0.25, 0.3) is 5.91 Å². The van der Waals surface area contributed by atoms with E-state index in [4.69, 9.17) is 22.2 Å². The van der Waals surface area contributed by atoms with Crippen LogP contribution in [0.3, 0.4) is 0 Å². The molecule has 0 aromatic heterocycles. The molecule has 1 atom stereocenters. The first-order valence-electron chi connectivity index (χ1n) is 19.5. The zero-order chi connectivity index (χ0) is 41.3. The number of piperazine rings is 1. The van der Waals surface area contributed by atoms with Crippen molar-refractivity contribution >= 4 is 64.0 Å². The maximum Gasteiger partial charge on any atom is 0.261 e. The van der Waals surface area contributed by atoms with Crippen molar-refractivity contribution in [3.63, 3.8) is 0 Å². The number of hydrogen-bond donors (Lipinski definition) is 4. The van der Waals surface area contributed by atoms with Gasteiger partial charge in [-0.2, -0.15) is 5.48 Å². The van der Waals surface area contributed by atoms with Crippen LogP contribution in [-0.2, 0) is 11.4 Å². The number of quaternary nitrogens is 1. The first kappa shape index (κ1) is 44.6. The molecule has 1 aliphatic heterocycles. The topological polar surface area (TPSA) is 103 Å². The third kappa shape index (κ3) is 13.8.